The highest BCUT2D eigenvalue weighted by Crippen LogP contribution is 2.67. The maximum absolute atomic E-state index is 7.39. The number of nitrogens with zero attached hydrogens (tertiary/aromatic N) is 2. The molecule has 2 fully saturated rings. The van der Waals surface area contributed by atoms with E-state index in [2.05, 4.69) is 73.4 Å². The summed E-state index contributed by atoms with van der Waals surface area (Å²) in [6.45, 7) is 2.51. The van der Waals surface area contributed by atoms with Gasteiger partial charge in [0.15, 0.2) is 0 Å². The maximum Gasteiger partial charge on any atom is 0.0980 e. The summed E-state index contributed by atoms with van der Waals surface area (Å²) in [6, 6.07) is 9.66. The molecule has 5 atom stereocenters. The Morgan fingerprint density at radius 3 is 2.88 bits per heavy atom. The van der Waals surface area contributed by atoms with E-state index >= 15 is 0 Å². The molecule has 0 radical (unpaired) electrons. The predicted molar refractivity (Wildman–Crippen MR) is 134 cm³/mol. The molecule has 1 saturated heterocycles. The fraction of sp³-hybridized carbons (Fsp3) is 0.500. The van der Waals surface area contributed by atoms with Crippen molar-refractivity contribution in [2.45, 2.75) is 69.1 Å². The first-order chi connectivity index (χ1) is 15.9. The van der Waals surface area contributed by atoms with E-state index in [-0.39, 0.29) is 16.6 Å². The lowest BCUT2D eigenvalue weighted by atomic mass is 9.58. The average Bonchev–Trinajstić information content (AvgIpc) is 3.33. The van der Waals surface area contributed by atoms with Crippen molar-refractivity contribution in [1.29, 1.82) is 0 Å². The van der Waals surface area contributed by atoms with Crippen LogP contribution < -0.4 is 0 Å². The molecule has 3 nitrogen and oxygen atoms in total. The van der Waals surface area contributed by atoms with Gasteiger partial charge < -0.3 is 9.64 Å². The lowest BCUT2D eigenvalue weighted by Gasteiger charge is -2.54. The Morgan fingerprint density at radius 1 is 1.09 bits per heavy atom. The fourth-order valence-electron chi connectivity index (χ4n) is 8.10. The molecule has 5 aliphatic rings. The van der Waals surface area contributed by atoms with Crippen LogP contribution in [0.15, 0.2) is 66.0 Å². The summed E-state index contributed by atoms with van der Waals surface area (Å²) in [5.41, 5.74) is 5.96. The molecule has 2 spiro atoms. The highest BCUT2D eigenvalue weighted by Gasteiger charge is 2.65. The van der Waals surface area contributed by atoms with Gasteiger partial charge in [-0.25, -0.2) is 0 Å². The summed E-state index contributed by atoms with van der Waals surface area (Å²) in [5, 5.41) is 2.49. The van der Waals surface area contributed by atoms with Crippen LogP contribution in [0.3, 0.4) is 0 Å². The molecule has 0 N–H and O–H groups in total. The van der Waals surface area contributed by atoms with Gasteiger partial charge in [-0.3, -0.25) is 4.98 Å². The molecule has 1 aromatic carbocycles. The second-order valence-electron chi connectivity index (χ2n) is 11.6. The molecule has 3 heteroatoms. The van der Waals surface area contributed by atoms with Crippen LogP contribution in [-0.4, -0.2) is 41.2 Å². The molecule has 0 amide bonds. The first-order valence-electron chi connectivity index (χ1n) is 12.8. The molecule has 33 heavy (non-hydrogen) atoms. The van der Waals surface area contributed by atoms with Crippen LogP contribution in [0.5, 0.6) is 0 Å². The molecular formula is C30H34N2O. The third-order valence-corrected chi connectivity index (χ3v) is 9.93. The fourth-order valence-corrected chi connectivity index (χ4v) is 8.10. The summed E-state index contributed by atoms with van der Waals surface area (Å²) >= 11 is 0. The summed E-state index contributed by atoms with van der Waals surface area (Å²) in [5.74, 6) is 0.519. The van der Waals surface area contributed by atoms with Crippen LogP contribution in [0.25, 0.3) is 16.3 Å². The van der Waals surface area contributed by atoms with E-state index in [1.807, 2.05) is 12.4 Å². The number of benzene rings is 1. The second-order valence-corrected chi connectivity index (χ2v) is 11.6. The van der Waals surface area contributed by atoms with Gasteiger partial charge in [0.1, 0.15) is 0 Å². The molecule has 1 aromatic heterocycles. The van der Waals surface area contributed by atoms with Gasteiger partial charge in [0.2, 0.25) is 0 Å². The Kier molecular flexibility index (Phi) is 4.08. The average molecular weight is 439 g/mol. The van der Waals surface area contributed by atoms with Crippen molar-refractivity contribution in [3.8, 4) is 0 Å². The van der Waals surface area contributed by atoms with Crippen molar-refractivity contribution in [2.24, 2.45) is 11.3 Å². The number of pyridine rings is 1. The maximum atomic E-state index is 7.39. The third-order valence-electron chi connectivity index (χ3n) is 9.93. The molecule has 170 valence electrons. The first-order valence-corrected chi connectivity index (χ1v) is 12.8. The van der Waals surface area contributed by atoms with Crippen LogP contribution in [-0.2, 0) is 4.74 Å². The minimum absolute atomic E-state index is 0.0263. The molecule has 7 rings (SSSR count). The molecule has 1 unspecified atom stereocenters. The number of hydrogen-bond donors (Lipinski definition) is 0. The smallest absolute Gasteiger partial charge is 0.0980 e. The van der Waals surface area contributed by atoms with Gasteiger partial charge in [0.25, 0.3) is 0 Å². The first kappa shape index (κ1) is 20.2. The minimum Gasteiger partial charge on any atom is -0.359 e. The van der Waals surface area contributed by atoms with Crippen LogP contribution in [0.4, 0.5) is 0 Å². The summed E-state index contributed by atoms with van der Waals surface area (Å²) < 4.78 is 7.39. The van der Waals surface area contributed by atoms with E-state index < -0.39 is 0 Å². The van der Waals surface area contributed by atoms with E-state index in [0.29, 0.717) is 12.0 Å². The number of rotatable bonds is 2. The summed E-state index contributed by atoms with van der Waals surface area (Å²) in [7, 11) is 4.47. The van der Waals surface area contributed by atoms with Crippen LogP contribution in [0, 0.1) is 11.3 Å². The topological polar surface area (TPSA) is 25.4 Å². The van der Waals surface area contributed by atoms with Gasteiger partial charge in [-0.2, -0.15) is 0 Å². The summed E-state index contributed by atoms with van der Waals surface area (Å²) in [4.78, 5) is 6.71. The van der Waals surface area contributed by atoms with Crippen molar-refractivity contribution in [3.05, 3.63) is 71.6 Å². The second kappa shape index (κ2) is 6.67. The van der Waals surface area contributed by atoms with Crippen molar-refractivity contribution in [1.82, 2.24) is 9.88 Å². The Labute approximate surface area is 197 Å². The molecule has 3 aliphatic carbocycles. The number of hydrogen-bond acceptors (Lipinski definition) is 3. The number of ether oxygens (including phenoxy) is 1. The number of allylic oxidation sites excluding steroid dienone is 3. The highest BCUT2D eigenvalue weighted by atomic mass is 16.5. The quantitative estimate of drug-likeness (QED) is 0.549. The van der Waals surface area contributed by atoms with Gasteiger partial charge in [-0.1, -0.05) is 37.3 Å². The Bertz CT molecular complexity index is 1250. The van der Waals surface area contributed by atoms with E-state index in [9.17, 15) is 0 Å². The zero-order chi connectivity index (χ0) is 22.4. The molecular weight excluding hydrogens is 404 g/mol. The van der Waals surface area contributed by atoms with Gasteiger partial charge in [-0.15, -0.1) is 0 Å². The van der Waals surface area contributed by atoms with E-state index in [0.717, 1.165) is 19.3 Å². The lowest BCUT2D eigenvalue weighted by Crippen LogP contribution is -2.54. The monoisotopic (exact) mass is 438 g/mol. The molecule has 2 aromatic rings. The standard InChI is InChI=1S/C30H34N2O/c1-28-12-10-24-17-23-6-7-25(32(2)3)18-29(23)13-14-30(24,33-29)27(28)9-8-26(28)21-4-5-22-19-31-15-11-20(22)16-21/h4-5,8,10-11,15-17,19,25,27H,6-7,9,12-14,18H2,1-3H3/t25-,27+,28+,29+,30?/m0/s1. The van der Waals surface area contributed by atoms with Gasteiger partial charge >= 0.3 is 0 Å². The SMILES string of the molecule is CN(C)[C@H]1CCC2=CC3=CC[C@]4(C)C(c5ccc6cnccc6c5)=CC[C@H]4C34CC[C@]2(C1)O4. The van der Waals surface area contributed by atoms with Crippen molar-refractivity contribution in [2.75, 3.05) is 14.1 Å². The minimum atomic E-state index is -0.107. The third kappa shape index (κ3) is 2.61. The highest BCUT2D eigenvalue weighted by molar-refractivity contribution is 5.87. The Hall–Kier alpha value is -2.23. The van der Waals surface area contributed by atoms with E-state index in [4.69, 9.17) is 4.74 Å². The van der Waals surface area contributed by atoms with E-state index in [1.165, 1.54) is 53.2 Å². The molecule has 3 heterocycles. The zero-order valence-electron chi connectivity index (χ0n) is 20.1. The molecule has 2 aliphatic heterocycles. The predicted octanol–water partition coefficient (Wildman–Crippen LogP) is 6.32. The van der Waals surface area contributed by atoms with Crippen LogP contribution in [0.2, 0.25) is 0 Å². The number of fused-ring (bicyclic) bond motifs is 2. The van der Waals surface area contributed by atoms with Crippen LogP contribution in [0.1, 0.15) is 57.4 Å². The molecule has 1 saturated carbocycles. The lowest BCUT2D eigenvalue weighted by molar-refractivity contribution is -0.134. The number of aromatic nitrogens is 1. The Morgan fingerprint density at radius 2 is 2.00 bits per heavy atom. The largest absolute Gasteiger partial charge is 0.359 e. The summed E-state index contributed by atoms with van der Waals surface area (Å²) in [6.07, 6.45) is 19.7. The Balaban J connectivity index is 1.28. The molecule has 2 bridgehead atoms. The van der Waals surface area contributed by atoms with Crippen LogP contribution >= 0.6 is 0 Å². The normalized spacial score (nSPS) is 39.0. The van der Waals surface area contributed by atoms with Gasteiger partial charge in [0.05, 0.1) is 11.2 Å². The van der Waals surface area contributed by atoms with Gasteiger partial charge in [-0.05, 0) is 98.8 Å². The zero-order valence-corrected chi connectivity index (χ0v) is 20.1. The van der Waals surface area contributed by atoms with Crippen molar-refractivity contribution < 1.29 is 4.74 Å². The van der Waals surface area contributed by atoms with E-state index in [1.54, 1.807) is 5.57 Å². The van der Waals surface area contributed by atoms with Crippen molar-refractivity contribution >= 4 is 16.3 Å². The van der Waals surface area contributed by atoms with Gasteiger partial charge in [0, 0.05) is 35.2 Å². The van der Waals surface area contributed by atoms with Crippen molar-refractivity contribution in [3.63, 3.8) is 0 Å².